The lowest BCUT2D eigenvalue weighted by molar-refractivity contribution is -0.118. The molecule has 2 fully saturated rings. The Balaban J connectivity index is 1.24. The molecule has 5 rings (SSSR count). The molecule has 10 nitrogen and oxygen atoms in total. The minimum Gasteiger partial charge on any atom is -0.504 e. The number of aromatic hydroxyl groups is 1. The monoisotopic (exact) mass is 501 g/mol. The molecule has 0 radical (unpaired) electrons. The molecule has 192 valence electrons. The van der Waals surface area contributed by atoms with Crippen molar-refractivity contribution >= 4 is 17.4 Å². The second kappa shape index (κ2) is 10.2. The maximum Gasteiger partial charge on any atom is 0.227 e. The van der Waals surface area contributed by atoms with Crippen molar-refractivity contribution in [1.82, 2.24) is 24.6 Å². The molecular weight excluding hydrogens is 470 g/mol. The van der Waals surface area contributed by atoms with Gasteiger partial charge < -0.3 is 15.2 Å². The summed E-state index contributed by atoms with van der Waals surface area (Å²) in [7, 11) is 0. The van der Waals surface area contributed by atoms with Crippen LogP contribution in [-0.2, 0) is 4.79 Å². The van der Waals surface area contributed by atoms with Crippen LogP contribution in [0.3, 0.4) is 0 Å². The van der Waals surface area contributed by atoms with Crippen molar-refractivity contribution in [2.24, 2.45) is 5.41 Å². The first-order chi connectivity index (χ1) is 17.8. The average molecular weight is 502 g/mol. The molecule has 1 aliphatic heterocycles. The molecule has 2 N–H and O–H groups in total. The lowest BCUT2D eigenvalue weighted by Gasteiger charge is -2.31. The number of benzene rings is 1. The first-order valence-electron chi connectivity index (χ1n) is 12.6. The SMILES string of the molecule is CC(=O)CN1CCC(n2cc(Nc3ncc(C)c(-c4ccc(OCC5(C#N)CC5)c(O)c4)n3)cn2)CC1. The minimum atomic E-state index is -0.407. The van der Waals surface area contributed by atoms with E-state index in [-0.39, 0.29) is 18.1 Å². The Morgan fingerprint density at radius 1 is 1.30 bits per heavy atom. The summed E-state index contributed by atoms with van der Waals surface area (Å²) in [5, 5.41) is 27.5. The second-order valence-corrected chi connectivity index (χ2v) is 10.1. The van der Waals surface area contributed by atoms with Crippen molar-refractivity contribution in [3.63, 3.8) is 0 Å². The summed E-state index contributed by atoms with van der Waals surface area (Å²) in [6.07, 6.45) is 9.01. The summed E-state index contributed by atoms with van der Waals surface area (Å²) < 4.78 is 7.68. The van der Waals surface area contributed by atoms with Crippen LogP contribution in [0, 0.1) is 23.7 Å². The zero-order valence-corrected chi connectivity index (χ0v) is 21.1. The summed E-state index contributed by atoms with van der Waals surface area (Å²) in [5.41, 5.74) is 2.69. The molecule has 37 heavy (non-hydrogen) atoms. The normalized spacial score (nSPS) is 17.2. The number of Topliss-reactive ketones (excluding diaryl/α,β-unsaturated/α-hetero) is 1. The van der Waals surface area contributed by atoms with E-state index in [0.717, 1.165) is 55.6 Å². The largest absolute Gasteiger partial charge is 0.504 e. The van der Waals surface area contributed by atoms with Crippen molar-refractivity contribution in [1.29, 1.82) is 5.26 Å². The van der Waals surface area contributed by atoms with Crippen LogP contribution >= 0.6 is 0 Å². The maximum atomic E-state index is 11.4. The van der Waals surface area contributed by atoms with E-state index in [9.17, 15) is 15.2 Å². The van der Waals surface area contributed by atoms with Crippen LogP contribution in [0.25, 0.3) is 11.3 Å². The third kappa shape index (κ3) is 5.73. The third-order valence-corrected chi connectivity index (χ3v) is 7.03. The van der Waals surface area contributed by atoms with E-state index in [1.807, 2.05) is 23.9 Å². The number of rotatable bonds is 9. The number of hydrogen-bond acceptors (Lipinski definition) is 9. The number of aromatic nitrogens is 4. The number of carbonyl (C=O) groups excluding carboxylic acids is 1. The number of piperidine rings is 1. The highest BCUT2D eigenvalue weighted by Gasteiger charge is 2.44. The first kappa shape index (κ1) is 24.7. The van der Waals surface area contributed by atoms with Crippen LogP contribution in [0.5, 0.6) is 11.5 Å². The summed E-state index contributed by atoms with van der Waals surface area (Å²) in [4.78, 5) is 22.7. The highest BCUT2D eigenvalue weighted by atomic mass is 16.5. The highest BCUT2D eigenvalue weighted by Crippen LogP contribution is 2.45. The lowest BCUT2D eigenvalue weighted by atomic mass is 10.1. The van der Waals surface area contributed by atoms with Gasteiger partial charge >= 0.3 is 0 Å². The molecule has 0 unspecified atom stereocenters. The van der Waals surface area contributed by atoms with Crippen LogP contribution in [0.1, 0.15) is 44.2 Å². The molecule has 2 aromatic heterocycles. The summed E-state index contributed by atoms with van der Waals surface area (Å²) >= 11 is 0. The quantitative estimate of drug-likeness (QED) is 0.447. The van der Waals surface area contributed by atoms with Crippen molar-refractivity contribution in [3.05, 3.63) is 42.4 Å². The van der Waals surface area contributed by atoms with E-state index in [0.29, 0.717) is 30.0 Å². The summed E-state index contributed by atoms with van der Waals surface area (Å²) in [6, 6.07) is 7.76. The molecule has 1 aliphatic carbocycles. The zero-order chi connectivity index (χ0) is 26.0. The molecule has 1 saturated heterocycles. The van der Waals surface area contributed by atoms with Gasteiger partial charge in [-0.15, -0.1) is 0 Å². The minimum absolute atomic E-state index is 0.00869. The van der Waals surface area contributed by atoms with Crippen molar-refractivity contribution < 1.29 is 14.6 Å². The Labute approximate surface area is 215 Å². The Hall–Kier alpha value is -3.97. The van der Waals surface area contributed by atoms with Gasteiger partial charge in [0.25, 0.3) is 0 Å². The number of phenolic OH excluding ortho intramolecular Hbond substituents is 1. The lowest BCUT2D eigenvalue weighted by Crippen LogP contribution is -2.37. The van der Waals surface area contributed by atoms with Gasteiger partial charge in [0.2, 0.25) is 5.95 Å². The van der Waals surface area contributed by atoms with Gasteiger partial charge in [-0.3, -0.25) is 14.4 Å². The average Bonchev–Trinajstić information content (AvgIpc) is 3.53. The second-order valence-electron chi connectivity index (χ2n) is 10.1. The predicted molar refractivity (Wildman–Crippen MR) is 138 cm³/mol. The Bertz CT molecular complexity index is 1330. The van der Waals surface area contributed by atoms with Crippen LogP contribution in [0.4, 0.5) is 11.6 Å². The number of ketones is 1. The number of anilines is 2. The highest BCUT2D eigenvalue weighted by molar-refractivity contribution is 5.77. The zero-order valence-electron chi connectivity index (χ0n) is 21.1. The number of nitriles is 1. The van der Waals surface area contributed by atoms with Gasteiger partial charge in [0.05, 0.1) is 41.6 Å². The van der Waals surface area contributed by atoms with Gasteiger partial charge in [-0.25, -0.2) is 9.97 Å². The number of phenols is 1. The van der Waals surface area contributed by atoms with Crippen molar-refractivity contribution in [2.75, 3.05) is 31.6 Å². The van der Waals surface area contributed by atoms with Gasteiger partial charge in [-0.05, 0) is 63.3 Å². The van der Waals surface area contributed by atoms with Crippen LogP contribution in [0.2, 0.25) is 0 Å². The summed E-state index contributed by atoms with van der Waals surface area (Å²) in [5.74, 6) is 0.994. The fraction of sp³-hybridized carbons (Fsp3) is 0.444. The van der Waals surface area contributed by atoms with Gasteiger partial charge in [0.15, 0.2) is 11.5 Å². The standard InChI is InChI=1S/C27H31N7O3/c1-18-12-29-26(31-21-13-30-34(15-21)22-5-9-33(10-6-22)14-19(2)35)32-25(18)20-3-4-24(23(36)11-20)37-17-27(16-28)7-8-27/h3-4,11-13,15,22,36H,5-10,14,17H2,1-2H3,(H,29,31,32). The first-order valence-corrected chi connectivity index (χ1v) is 12.6. The number of carbonyl (C=O) groups is 1. The number of nitrogens with one attached hydrogen (secondary N) is 1. The number of likely N-dealkylation sites (tertiary alicyclic amines) is 1. The number of ether oxygens (including phenoxy) is 1. The Kier molecular flexibility index (Phi) is 6.80. The van der Waals surface area contributed by atoms with E-state index in [4.69, 9.17) is 4.74 Å². The Morgan fingerprint density at radius 2 is 2.08 bits per heavy atom. The van der Waals surface area contributed by atoms with Crippen LogP contribution in [0.15, 0.2) is 36.8 Å². The molecule has 3 aromatic rings. The molecule has 2 aliphatic rings. The van der Waals surface area contributed by atoms with Gasteiger partial charge in [-0.2, -0.15) is 10.4 Å². The van der Waals surface area contributed by atoms with Crippen LogP contribution < -0.4 is 10.1 Å². The molecule has 1 aromatic carbocycles. The van der Waals surface area contributed by atoms with Crippen molar-refractivity contribution in [3.8, 4) is 28.8 Å². The maximum absolute atomic E-state index is 11.4. The van der Waals surface area contributed by atoms with Gasteiger partial charge in [0, 0.05) is 31.0 Å². The molecular formula is C27H31N7O3. The fourth-order valence-corrected chi connectivity index (χ4v) is 4.62. The smallest absolute Gasteiger partial charge is 0.227 e. The van der Waals surface area contributed by atoms with E-state index in [1.165, 1.54) is 0 Å². The molecule has 0 bridgehead atoms. The van der Waals surface area contributed by atoms with Crippen LogP contribution in [-0.4, -0.2) is 61.8 Å². The molecule has 1 saturated carbocycles. The van der Waals surface area contributed by atoms with Crippen molar-refractivity contribution in [2.45, 2.75) is 45.6 Å². The predicted octanol–water partition coefficient (Wildman–Crippen LogP) is 4.01. The number of aryl methyl sites for hydroxylation is 1. The van der Waals surface area contributed by atoms with E-state index >= 15 is 0 Å². The van der Waals surface area contributed by atoms with Gasteiger partial charge in [0.1, 0.15) is 12.4 Å². The molecule has 0 spiro atoms. The van der Waals surface area contributed by atoms with E-state index in [1.54, 1.807) is 31.5 Å². The van der Waals surface area contributed by atoms with E-state index < -0.39 is 5.41 Å². The molecule has 3 heterocycles. The molecule has 0 atom stereocenters. The molecule has 10 heteroatoms. The fourth-order valence-electron chi connectivity index (χ4n) is 4.62. The third-order valence-electron chi connectivity index (χ3n) is 7.03. The van der Waals surface area contributed by atoms with Gasteiger partial charge in [-0.1, -0.05) is 0 Å². The van der Waals surface area contributed by atoms with E-state index in [2.05, 4.69) is 31.4 Å². The Morgan fingerprint density at radius 3 is 2.76 bits per heavy atom. The number of hydrogen-bond donors (Lipinski definition) is 2. The summed E-state index contributed by atoms with van der Waals surface area (Å²) in [6.45, 7) is 6.11. The topological polar surface area (TPSA) is 129 Å². The number of nitrogens with zero attached hydrogens (tertiary/aromatic N) is 6. The molecule has 0 amide bonds.